The van der Waals surface area contributed by atoms with E-state index in [0.29, 0.717) is 13.0 Å². The lowest BCUT2D eigenvalue weighted by Crippen LogP contribution is -2.23. The first kappa shape index (κ1) is 15.5. The fourth-order valence-corrected chi connectivity index (χ4v) is 1.76. The van der Waals surface area contributed by atoms with Crippen LogP contribution in [0.3, 0.4) is 0 Å². The number of hydrogen-bond donors (Lipinski definition) is 2. The van der Waals surface area contributed by atoms with Gasteiger partial charge in [-0.1, -0.05) is 6.92 Å². The Labute approximate surface area is 115 Å². The number of rotatable bonds is 6. The number of aryl methyl sites for hydroxylation is 1. The standard InChI is InChI=1S/C15H24N2O2/c1-10(2)19-13-5-6-14(12(4)9-13)17-15(18)11(3)7-8-16/h5-6,9-11H,7-8,16H2,1-4H3,(H,17,18). The molecule has 0 aliphatic heterocycles. The number of ether oxygens (including phenoxy) is 1. The van der Waals surface area contributed by atoms with Crippen molar-refractivity contribution >= 4 is 11.6 Å². The molecule has 1 rings (SSSR count). The molecule has 0 radical (unpaired) electrons. The summed E-state index contributed by atoms with van der Waals surface area (Å²) in [5, 5.41) is 2.93. The normalized spacial score (nSPS) is 12.3. The van der Waals surface area contributed by atoms with Gasteiger partial charge in [0.2, 0.25) is 5.91 Å². The molecule has 0 bridgehead atoms. The predicted octanol–water partition coefficient (Wildman–Crippen LogP) is 2.71. The second-order valence-corrected chi connectivity index (χ2v) is 5.11. The van der Waals surface area contributed by atoms with Crippen molar-refractivity contribution in [1.29, 1.82) is 0 Å². The van der Waals surface area contributed by atoms with Crippen LogP contribution in [0.4, 0.5) is 5.69 Å². The van der Waals surface area contributed by atoms with Crippen LogP contribution in [0.2, 0.25) is 0 Å². The molecule has 4 nitrogen and oxygen atoms in total. The molecule has 0 saturated carbocycles. The van der Waals surface area contributed by atoms with Crippen molar-refractivity contribution < 1.29 is 9.53 Å². The second kappa shape index (κ2) is 7.14. The summed E-state index contributed by atoms with van der Waals surface area (Å²) < 4.78 is 5.61. The molecule has 0 aromatic heterocycles. The van der Waals surface area contributed by atoms with Gasteiger partial charge in [0.05, 0.1) is 6.10 Å². The minimum atomic E-state index is -0.0732. The third kappa shape index (κ3) is 4.91. The average molecular weight is 264 g/mol. The number of anilines is 1. The molecule has 1 aromatic rings. The quantitative estimate of drug-likeness (QED) is 0.830. The maximum absolute atomic E-state index is 11.9. The second-order valence-electron chi connectivity index (χ2n) is 5.11. The van der Waals surface area contributed by atoms with Crippen LogP contribution in [0, 0.1) is 12.8 Å². The molecule has 1 aromatic carbocycles. The smallest absolute Gasteiger partial charge is 0.227 e. The van der Waals surface area contributed by atoms with E-state index >= 15 is 0 Å². The summed E-state index contributed by atoms with van der Waals surface area (Å²) in [6, 6.07) is 5.68. The maximum Gasteiger partial charge on any atom is 0.227 e. The van der Waals surface area contributed by atoms with Gasteiger partial charge in [0.1, 0.15) is 5.75 Å². The lowest BCUT2D eigenvalue weighted by Gasteiger charge is -2.15. The van der Waals surface area contributed by atoms with E-state index in [4.69, 9.17) is 10.5 Å². The summed E-state index contributed by atoms with van der Waals surface area (Å²) in [4.78, 5) is 11.9. The zero-order chi connectivity index (χ0) is 14.4. The van der Waals surface area contributed by atoms with Gasteiger partial charge in [-0.3, -0.25) is 4.79 Å². The first-order chi connectivity index (χ1) is 8.93. The topological polar surface area (TPSA) is 64.3 Å². The van der Waals surface area contributed by atoms with E-state index in [2.05, 4.69) is 5.32 Å². The van der Waals surface area contributed by atoms with Crippen LogP contribution >= 0.6 is 0 Å². The van der Waals surface area contributed by atoms with Crippen molar-refractivity contribution in [3.05, 3.63) is 23.8 Å². The summed E-state index contributed by atoms with van der Waals surface area (Å²) in [5.74, 6) is 0.752. The Morgan fingerprint density at radius 3 is 2.58 bits per heavy atom. The highest BCUT2D eigenvalue weighted by atomic mass is 16.5. The van der Waals surface area contributed by atoms with E-state index in [-0.39, 0.29) is 17.9 Å². The molecule has 0 spiro atoms. The fourth-order valence-electron chi connectivity index (χ4n) is 1.76. The van der Waals surface area contributed by atoms with E-state index in [1.165, 1.54) is 0 Å². The van der Waals surface area contributed by atoms with Crippen LogP contribution < -0.4 is 15.8 Å². The summed E-state index contributed by atoms with van der Waals surface area (Å²) in [6.45, 7) is 8.33. The van der Waals surface area contributed by atoms with Crippen molar-refractivity contribution in [2.45, 2.75) is 40.2 Å². The lowest BCUT2D eigenvalue weighted by molar-refractivity contribution is -0.119. The van der Waals surface area contributed by atoms with E-state index in [0.717, 1.165) is 17.0 Å². The van der Waals surface area contributed by atoms with Crippen LogP contribution in [-0.2, 0) is 4.79 Å². The van der Waals surface area contributed by atoms with E-state index in [1.807, 2.05) is 45.9 Å². The molecule has 3 N–H and O–H groups in total. The average Bonchev–Trinajstić information content (AvgIpc) is 2.32. The van der Waals surface area contributed by atoms with E-state index < -0.39 is 0 Å². The third-order valence-electron chi connectivity index (χ3n) is 2.87. The van der Waals surface area contributed by atoms with Crippen molar-refractivity contribution in [3.8, 4) is 5.75 Å². The van der Waals surface area contributed by atoms with E-state index in [1.54, 1.807) is 0 Å². The van der Waals surface area contributed by atoms with Gasteiger partial charge in [0.15, 0.2) is 0 Å². The zero-order valence-corrected chi connectivity index (χ0v) is 12.2. The SMILES string of the molecule is Cc1cc(OC(C)C)ccc1NC(=O)C(C)CCN. The molecule has 19 heavy (non-hydrogen) atoms. The van der Waals surface area contributed by atoms with Gasteiger partial charge in [-0.05, 0) is 57.5 Å². The van der Waals surface area contributed by atoms with Crippen LogP contribution in [0.15, 0.2) is 18.2 Å². The van der Waals surface area contributed by atoms with Gasteiger partial charge in [-0.2, -0.15) is 0 Å². The maximum atomic E-state index is 11.9. The third-order valence-corrected chi connectivity index (χ3v) is 2.87. The monoisotopic (exact) mass is 264 g/mol. The Morgan fingerprint density at radius 2 is 2.05 bits per heavy atom. The molecular formula is C15H24N2O2. The van der Waals surface area contributed by atoms with Crippen molar-refractivity contribution in [3.63, 3.8) is 0 Å². The number of nitrogens with one attached hydrogen (secondary N) is 1. The minimum Gasteiger partial charge on any atom is -0.491 e. The van der Waals surface area contributed by atoms with Crippen molar-refractivity contribution in [1.82, 2.24) is 0 Å². The minimum absolute atomic E-state index is 0.00563. The Kier molecular flexibility index (Phi) is 5.83. The molecule has 1 atom stereocenters. The first-order valence-electron chi connectivity index (χ1n) is 6.72. The molecule has 106 valence electrons. The molecule has 1 amide bonds. The number of nitrogens with two attached hydrogens (primary N) is 1. The van der Waals surface area contributed by atoms with Gasteiger partial charge in [-0.15, -0.1) is 0 Å². The van der Waals surface area contributed by atoms with Gasteiger partial charge >= 0.3 is 0 Å². The van der Waals surface area contributed by atoms with Crippen LogP contribution in [0.25, 0.3) is 0 Å². The summed E-state index contributed by atoms with van der Waals surface area (Å²) in [6.07, 6.45) is 0.837. The largest absolute Gasteiger partial charge is 0.491 e. The molecule has 1 unspecified atom stereocenters. The van der Waals surface area contributed by atoms with Crippen LogP contribution in [0.5, 0.6) is 5.75 Å². The Morgan fingerprint density at radius 1 is 1.37 bits per heavy atom. The number of hydrogen-bond acceptors (Lipinski definition) is 3. The highest BCUT2D eigenvalue weighted by Gasteiger charge is 2.13. The summed E-state index contributed by atoms with van der Waals surface area (Å²) in [5.41, 5.74) is 7.28. The number of benzene rings is 1. The molecular weight excluding hydrogens is 240 g/mol. The molecule has 4 heteroatoms. The lowest BCUT2D eigenvalue weighted by atomic mass is 10.1. The Hall–Kier alpha value is -1.55. The fraction of sp³-hybridized carbons (Fsp3) is 0.533. The van der Waals surface area contributed by atoms with Gasteiger partial charge in [-0.25, -0.2) is 0 Å². The van der Waals surface area contributed by atoms with E-state index in [9.17, 15) is 4.79 Å². The number of carbonyl (C=O) groups is 1. The van der Waals surface area contributed by atoms with Crippen molar-refractivity contribution in [2.24, 2.45) is 11.7 Å². The molecule has 0 saturated heterocycles. The van der Waals surface area contributed by atoms with Gasteiger partial charge in [0.25, 0.3) is 0 Å². The Bertz CT molecular complexity index is 430. The van der Waals surface area contributed by atoms with Crippen LogP contribution in [-0.4, -0.2) is 18.6 Å². The Balaban J connectivity index is 2.72. The summed E-state index contributed by atoms with van der Waals surface area (Å²) in [7, 11) is 0. The highest BCUT2D eigenvalue weighted by Crippen LogP contribution is 2.22. The predicted molar refractivity (Wildman–Crippen MR) is 78.4 cm³/mol. The number of carbonyl (C=O) groups excluding carboxylic acids is 1. The van der Waals surface area contributed by atoms with Crippen molar-refractivity contribution in [2.75, 3.05) is 11.9 Å². The van der Waals surface area contributed by atoms with Crippen LogP contribution in [0.1, 0.15) is 32.8 Å². The van der Waals surface area contributed by atoms with Gasteiger partial charge < -0.3 is 15.8 Å². The first-order valence-corrected chi connectivity index (χ1v) is 6.72. The number of amides is 1. The summed E-state index contributed by atoms with van der Waals surface area (Å²) >= 11 is 0. The van der Waals surface area contributed by atoms with Gasteiger partial charge in [0, 0.05) is 11.6 Å². The molecule has 0 heterocycles. The highest BCUT2D eigenvalue weighted by molar-refractivity contribution is 5.93. The molecule has 0 aliphatic rings. The molecule has 0 aliphatic carbocycles. The zero-order valence-electron chi connectivity index (χ0n) is 12.2. The molecule has 0 fully saturated rings.